The Balaban J connectivity index is 0.00000192. The first-order valence-corrected chi connectivity index (χ1v) is 9.40. The van der Waals surface area contributed by atoms with Gasteiger partial charge in [-0.25, -0.2) is 12.7 Å². The molecule has 7 heteroatoms. The number of fused-ring (bicyclic) bond motifs is 1. The molecule has 0 atom stereocenters. The summed E-state index contributed by atoms with van der Waals surface area (Å²) in [6.07, 6.45) is 4.80. The second kappa shape index (κ2) is 7.57. The molecule has 0 bridgehead atoms. The van der Waals surface area contributed by atoms with E-state index in [0.29, 0.717) is 19.1 Å². The fraction of sp³-hybridized carbons (Fsp3) is 0.438. The van der Waals surface area contributed by atoms with Crippen LogP contribution in [0.5, 0.6) is 0 Å². The van der Waals surface area contributed by atoms with Crippen LogP contribution in [0, 0.1) is 0 Å². The minimum atomic E-state index is -3.05. The maximum absolute atomic E-state index is 11.5. The van der Waals surface area contributed by atoms with Gasteiger partial charge in [0.2, 0.25) is 10.0 Å². The lowest BCUT2D eigenvalue weighted by molar-refractivity contribution is 0.290. The first kappa shape index (κ1) is 18.1. The molecule has 0 radical (unpaired) electrons. The summed E-state index contributed by atoms with van der Waals surface area (Å²) in [4.78, 5) is 4.46. The van der Waals surface area contributed by atoms with E-state index in [1.54, 1.807) is 4.31 Å². The van der Waals surface area contributed by atoms with Crippen molar-refractivity contribution in [3.63, 3.8) is 0 Å². The average Bonchev–Trinajstić information content (AvgIpc) is 2.52. The number of nitrogens with zero attached hydrogens (tertiary/aromatic N) is 2. The summed E-state index contributed by atoms with van der Waals surface area (Å²) in [5.41, 5.74) is 2.22. The molecule has 0 amide bonds. The van der Waals surface area contributed by atoms with E-state index < -0.39 is 10.0 Å². The molecule has 2 heterocycles. The molecule has 126 valence electrons. The zero-order chi connectivity index (χ0) is 15.6. The lowest BCUT2D eigenvalue weighted by Gasteiger charge is -2.30. The van der Waals surface area contributed by atoms with Gasteiger partial charge in [0.05, 0.1) is 11.8 Å². The maximum atomic E-state index is 11.5. The van der Waals surface area contributed by atoms with E-state index in [-0.39, 0.29) is 12.4 Å². The Morgan fingerprint density at radius 1 is 1.22 bits per heavy atom. The number of nitrogens with one attached hydrogen (secondary N) is 1. The Bertz CT molecular complexity index is 754. The van der Waals surface area contributed by atoms with E-state index in [1.165, 1.54) is 11.8 Å². The van der Waals surface area contributed by atoms with Gasteiger partial charge >= 0.3 is 0 Å². The van der Waals surface area contributed by atoms with Crippen LogP contribution in [0.25, 0.3) is 10.9 Å². The van der Waals surface area contributed by atoms with Crippen molar-refractivity contribution in [2.24, 2.45) is 0 Å². The SMILES string of the molecule is CS(=O)(=O)N1CCC(NCc2cccc3cccnc23)CC1.Cl. The summed E-state index contributed by atoms with van der Waals surface area (Å²) in [7, 11) is -3.05. The standard InChI is InChI=1S/C16H21N3O2S.ClH/c1-22(20,21)19-10-7-15(8-11-19)18-12-14-5-2-4-13-6-3-9-17-16(13)14;/h2-6,9,15,18H,7-8,10-12H2,1H3;1H. The summed E-state index contributed by atoms with van der Waals surface area (Å²) < 4.78 is 24.6. The molecule has 1 fully saturated rings. The van der Waals surface area contributed by atoms with Gasteiger partial charge in [0, 0.05) is 37.3 Å². The fourth-order valence-corrected chi connectivity index (χ4v) is 3.83. The molecule has 3 rings (SSSR count). The molecule has 0 aliphatic carbocycles. The highest BCUT2D eigenvalue weighted by Gasteiger charge is 2.24. The summed E-state index contributed by atoms with van der Waals surface area (Å²) in [6, 6.07) is 10.6. The van der Waals surface area contributed by atoms with Gasteiger partial charge in [0.25, 0.3) is 0 Å². The number of benzene rings is 1. The van der Waals surface area contributed by atoms with Crippen LogP contribution in [0.15, 0.2) is 36.5 Å². The Labute approximate surface area is 143 Å². The summed E-state index contributed by atoms with van der Waals surface area (Å²) in [5, 5.41) is 4.69. The Morgan fingerprint density at radius 3 is 2.61 bits per heavy atom. The molecule has 0 saturated carbocycles. The zero-order valence-electron chi connectivity index (χ0n) is 13.1. The van der Waals surface area contributed by atoms with Crippen molar-refractivity contribution in [3.05, 3.63) is 42.1 Å². The third-order valence-corrected chi connectivity index (χ3v) is 5.52. The van der Waals surface area contributed by atoms with Crippen LogP contribution < -0.4 is 5.32 Å². The monoisotopic (exact) mass is 355 g/mol. The third-order valence-electron chi connectivity index (χ3n) is 4.22. The van der Waals surface area contributed by atoms with E-state index in [4.69, 9.17) is 0 Å². The fourth-order valence-electron chi connectivity index (χ4n) is 2.96. The largest absolute Gasteiger partial charge is 0.310 e. The van der Waals surface area contributed by atoms with Crippen LogP contribution in [0.4, 0.5) is 0 Å². The second-order valence-electron chi connectivity index (χ2n) is 5.81. The third kappa shape index (κ3) is 4.41. The number of para-hydroxylation sites is 1. The number of pyridine rings is 1. The maximum Gasteiger partial charge on any atom is 0.211 e. The molecular weight excluding hydrogens is 334 g/mol. The molecular formula is C16H22ClN3O2S. The van der Waals surface area contributed by atoms with Crippen molar-refractivity contribution in [1.29, 1.82) is 0 Å². The van der Waals surface area contributed by atoms with Crippen LogP contribution in [0.2, 0.25) is 0 Å². The molecule has 0 unspecified atom stereocenters. The minimum Gasteiger partial charge on any atom is -0.310 e. The molecule has 0 spiro atoms. The molecule has 1 aromatic carbocycles. The van der Waals surface area contributed by atoms with Crippen molar-refractivity contribution in [2.75, 3.05) is 19.3 Å². The molecule has 1 aromatic heterocycles. The summed E-state index contributed by atoms with van der Waals surface area (Å²) >= 11 is 0. The molecule has 5 nitrogen and oxygen atoms in total. The van der Waals surface area contributed by atoms with Gasteiger partial charge in [-0.05, 0) is 24.5 Å². The molecule has 2 aromatic rings. The lowest BCUT2D eigenvalue weighted by atomic mass is 10.1. The van der Waals surface area contributed by atoms with Crippen molar-refractivity contribution in [2.45, 2.75) is 25.4 Å². The highest BCUT2D eigenvalue weighted by molar-refractivity contribution is 7.88. The Morgan fingerprint density at radius 2 is 1.91 bits per heavy atom. The van der Waals surface area contributed by atoms with Gasteiger partial charge in [0.15, 0.2) is 0 Å². The number of rotatable bonds is 4. The summed E-state index contributed by atoms with van der Waals surface area (Å²) in [5.74, 6) is 0. The number of halogens is 1. The molecule has 1 saturated heterocycles. The van der Waals surface area contributed by atoms with Crippen LogP contribution in [0.1, 0.15) is 18.4 Å². The predicted molar refractivity (Wildman–Crippen MR) is 95.3 cm³/mol. The van der Waals surface area contributed by atoms with Crippen LogP contribution in [-0.4, -0.2) is 43.1 Å². The van der Waals surface area contributed by atoms with E-state index in [1.807, 2.05) is 18.3 Å². The van der Waals surface area contributed by atoms with Crippen molar-refractivity contribution >= 4 is 33.3 Å². The first-order chi connectivity index (χ1) is 10.5. The van der Waals surface area contributed by atoms with Crippen LogP contribution in [-0.2, 0) is 16.6 Å². The summed E-state index contributed by atoms with van der Waals surface area (Å²) in [6.45, 7) is 1.96. The number of hydrogen-bond donors (Lipinski definition) is 1. The minimum absolute atomic E-state index is 0. The second-order valence-corrected chi connectivity index (χ2v) is 7.79. The number of piperidine rings is 1. The van der Waals surface area contributed by atoms with E-state index >= 15 is 0 Å². The van der Waals surface area contributed by atoms with Gasteiger partial charge in [-0.1, -0.05) is 24.3 Å². The van der Waals surface area contributed by atoms with Crippen LogP contribution in [0.3, 0.4) is 0 Å². The van der Waals surface area contributed by atoms with Crippen molar-refractivity contribution in [3.8, 4) is 0 Å². The van der Waals surface area contributed by atoms with Crippen LogP contribution >= 0.6 is 12.4 Å². The normalized spacial score (nSPS) is 17.1. The highest BCUT2D eigenvalue weighted by atomic mass is 35.5. The highest BCUT2D eigenvalue weighted by Crippen LogP contribution is 2.17. The van der Waals surface area contributed by atoms with Crippen molar-refractivity contribution < 1.29 is 8.42 Å². The predicted octanol–water partition coefficient (Wildman–Crippen LogP) is 2.17. The quantitative estimate of drug-likeness (QED) is 0.913. The van der Waals surface area contributed by atoms with E-state index in [2.05, 4.69) is 28.5 Å². The average molecular weight is 356 g/mol. The van der Waals surface area contributed by atoms with Gasteiger partial charge in [-0.15, -0.1) is 12.4 Å². The zero-order valence-corrected chi connectivity index (χ0v) is 14.7. The van der Waals surface area contributed by atoms with Gasteiger partial charge in [-0.2, -0.15) is 0 Å². The van der Waals surface area contributed by atoms with Crippen molar-refractivity contribution in [1.82, 2.24) is 14.6 Å². The Hall–Kier alpha value is -1.21. The lowest BCUT2D eigenvalue weighted by Crippen LogP contribution is -2.44. The number of sulfonamides is 1. The molecule has 1 aliphatic heterocycles. The number of hydrogen-bond acceptors (Lipinski definition) is 4. The first-order valence-electron chi connectivity index (χ1n) is 7.55. The van der Waals surface area contributed by atoms with Gasteiger partial charge in [0.1, 0.15) is 0 Å². The molecule has 1 N–H and O–H groups in total. The van der Waals surface area contributed by atoms with Gasteiger partial charge < -0.3 is 5.32 Å². The van der Waals surface area contributed by atoms with E-state index in [9.17, 15) is 8.42 Å². The van der Waals surface area contributed by atoms with Gasteiger partial charge in [-0.3, -0.25) is 4.98 Å². The molecule has 1 aliphatic rings. The van der Waals surface area contributed by atoms with E-state index in [0.717, 1.165) is 30.3 Å². The Kier molecular flexibility index (Phi) is 5.97. The smallest absolute Gasteiger partial charge is 0.211 e. The molecule has 23 heavy (non-hydrogen) atoms. The topological polar surface area (TPSA) is 62.3 Å². The number of aromatic nitrogens is 1.